The van der Waals surface area contributed by atoms with E-state index in [2.05, 4.69) is 34.0 Å². The molecule has 0 aliphatic carbocycles. The molecule has 6 heteroatoms. The van der Waals surface area contributed by atoms with Gasteiger partial charge in [-0.3, -0.25) is 0 Å². The highest BCUT2D eigenvalue weighted by Crippen LogP contribution is 2.17. The number of hydrogen-bond donors (Lipinski definition) is 2. The lowest BCUT2D eigenvalue weighted by molar-refractivity contribution is 0.0463. The molecule has 1 aromatic rings. The van der Waals surface area contributed by atoms with Crippen LogP contribution in [0, 0.1) is 0 Å². The molecule has 0 bridgehead atoms. The first kappa shape index (κ1) is 14.0. The van der Waals surface area contributed by atoms with Crippen LogP contribution in [0.1, 0.15) is 20.3 Å². The maximum Gasteiger partial charge on any atom is 0.134 e. The molecular weight excluding hydrogens is 242 g/mol. The van der Waals surface area contributed by atoms with Gasteiger partial charge in [0, 0.05) is 31.7 Å². The second kappa shape index (κ2) is 6.68. The van der Waals surface area contributed by atoms with E-state index < -0.39 is 0 Å². The number of rotatable bonds is 5. The number of hydrogen-bond acceptors (Lipinski definition) is 6. The van der Waals surface area contributed by atoms with E-state index in [1.165, 1.54) is 0 Å². The van der Waals surface area contributed by atoms with Crippen LogP contribution in [0.15, 0.2) is 12.4 Å². The Balaban J connectivity index is 2.05. The highest BCUT2D eigenvalue weighted by atomic mass is 16.5. The first-order valence-corrected chi connectivity index (χ1v) is 6.88. The van der Waals surface area contributed by atoms with Gasteiger partial charge in [-0.2, -0.15) is 0 Å². The monoisotopic (exact) mass is 265 g/mol. The van der Waals surface area contributed by atoms with Crippen molar-refractivity contribution in [1.82, 2.24) is 9.97 Å². The lowest BCUT2D eigenvalue weighted by Gasteiger charge is -2.33. The molecule has 0 spiro atoms. The van der Waals surface area contributed by atoms with Crippen molar-refractivity contribution >= 4 is 11.6 Å². The molecule has 2 unspecified atom stereocenters. The minimum atomic E-state index is 0.0923. The Labute approximate surface area is 114 Å². The fraction of sp³-hybridized carbons (Fsp3) is 0.692. The molecule has 1 aliphatic rings. The van der Waals surface area contributed by atoms with Gasteiger partial charge in [-0.1, -0.05) is 6.92 Å². The number of nitrogens with zero attached hydrogens (tertiary/aromatic N) is 3. The van der Waals surface area contributed by atoms with Crippen molar-refractivity contribution in [2.75, 3.05) is 36.5 Å². The largest absolute Gasteiger partial charge is 0.373 e. The minimum absolute atomic E-state index is 0.0923. The van der Waals surface area contributed by atoms with Crippen molar-refractivity contribution in [3.8, 4) is 0 Å². The third-order valence-electron chi connectivity index (χ3n) is 3.38. The van der Waals surface area contributed by atoms with Crippen LogP contribution in [0.4, 0.5) is 11.6 Å². The van der Waals surface area contributed by atoms with E-state index >= 15 is 0 Å². The van der Waals surface area contributed by atoms with Crippen LogP contribution >= 0.6 is 0 Å². The summed E-state index contributed by atoms with van der Waals surface area (Å²) in [6.45, 7) is 7.15. The number of nitrogens with two attached hydrogens (primary N) is 1. The summed E-state index contributed by atoms with van der Waals surface area (Å²) < 4.78 is 5.57. The number of nitrogens with one attached hydrogen (secondary N) is 1. The van der Waals surface area contributed by atoms with Crippen LogP contribution in [0.25, 0.3) is 0 Å². The molecule has 2 heterocycles. The molecule has 1 fully saturated rings. The van der Waals surface area contributed by atoms with Crippen LogP contribution < -0.4 is 16.0 Å². The zero-order valence-electron chi connectivity index (χ0n) is 11.7. The molecule has 1 saturated heterocycles. The molecule has 1 aromatic heterocycles. The number of aromatic nitrogens is 2. The minimum Gasteiger partial charge on any atom is -0.373 e. The van der Waals surface area contributed by atoms with E-state index in [0.29, 0.717) is 19.2 Å². The van der Waals surface area contributed by atoms with E-state index in [4.69, 9.17) is 10.5 Å². The molecular formula is C13H23N5O. The van der Waals surface area contributed by atoms with Crippen molar-refractivity contribution in [3.05, 3.63) is 12.4 Å². The Kier molecular flexibility index (Phi) is 4.93. The van der Waals surface area contributed by atoms with Crippen molar-refractivity contribution in [3.63, 3.8) is 0 Å². The first-order valence-electron chi connectivity index (χ1n) is 6.88. The predicted octanol–water partition coefficient (Wildman–Crippen LogP) is 0.851. The molecule has 3 N–H and O–H groups in total. The number of ether oxygens (including phenoxy) is 1. The maximum atomic E-state index is 5.66. The van der Waals surface area contributed by atoms with Gasteiger partial charge in [-0.25, -0.2) is 9.97 Å². The Morgan fingerprint density at radius 3 is 3.16 bits per heavy atom. The van der Waals surface area contributed by atoms with Crippen molar-refractivity contribution < 1.29 is 4.74 Å². The van der Waals surface area contributed by atoms with Crippen molar-refractivity contribution in [2.24, 2.45) is 5.73 Å². The molecule has 0 radical (unpaired) electrons. The molecule has 106 valence electrons. The summed E-state index contributed by atoms with van der Waals surface area (Å²) in [5.41, 5.74) is 5.66. The quantitative estimate of drug-likeness (QED) is 0.822. The smallest absolute Gasteiger partial charge is 0.134 e. The molecule has 0 aromatic carbocycles. The second-order valence-electron chi connectivity index (χ2n) is 4.89. The summed E-state index contributed by atoms with van der Waals surface area (Å²) >= 11 is 0. The Hall–Kier alpha value is -1.40. The van der Waals surface area contributed by atoms with Gasteiger partial charge >= 0.3 is 0 Å². The lowest BCUT2D eigenvalue weighted by atomic mass is 10.2. The average molecular weight is 265 g/mol. The fourth-order valence-electron chi connectivity index (χ4n) is 2.02. The molecule has 0 amide bonds. The van der Waals surface area contributed by atoms with Crippen LogP contribution in [0.5, 0.6) is 0 Å². The van der Waals surface area contributed by atoms with Gasteiger partial charge in [0.1, 0.15) is 18.0 Å². The first-order chi connectivity index (χ1) is 9.22. The highest BCUT2D eigenvalue weighted by molar-refractivity contribution is 5.49. The number of anilines is 2. The number of morpholine rings is 1. The van der Waals surface area contributed by atoms with Gasteiger partial charge in [0.15, 0.2) is 0 Å². The standard InChI is InChI=1S/C13H23N5O/c1-3-10(2)17-12-6-13(16-9-15-12)18-4-5-19-11(7-14)8-18/h6,9-11H,3-5,7-8,14H2,1-2H3,(H,15,16,17). The summed E-state index contributed by atoms with van der Waals surface area (Å²) in [5.74, 6) is 1.80. The summed E-state index contributed by atoms with van der Waals surface area (Å²) in [6.07, 6.45) is 2.76. The highest BCUT2D eigenvalue weighted by Gasteiger charge is 2.20. The van der Waals surface area contributed by atoms with Crippen LogP contribution in [0.3, 0.4) is 0 Å². The molecule has 2 atom stereocenters. The fourth-order valence-corrected chi connectivity index (χ4v) is 2.02. The van der Waals surface area contributed by atoms with E-state index in [1.807, 2.05) is 6.07 Å². The Morgan fingerprint density at radius 1 is 1.58 bits per heavy atom. The van der Waals surface area contributed by atoms with Gasteiger partial charge in [-0.15, -0.1) is 0 Å². The van der Waals surface area contributed by atoms with Crippen molar-refractivity contribution in [1.29, 1.82) is 0 Å². The molecule has 19 heavy (non-hydrogen) atoms. The normalized spacial score (nSPS) is 21.2. The zero-order chi connectivity index (χ0) is 13.7. The van der Waals surface area contributed by atoms with E-state index in [1.54, 1.807) is 6.33 Å². The van der Waals surface area contributed by atoms with E-state index in [0.717, 1.165) is 31.1 Å². The van der Waals surface area contributed by atoms with Gasteiger partial charge in [0.05, 0.1) is 12.7 Å². The summed E-state index contributed by atoms with van der Waals surface area (Å²) in [5, 5.41) is 3.36. The second-order valence-corrected chi connectivity index (χ2v) is 4.89. The van der Waals surface area contributed by atoms with E-state index in [-0.39, 0.29) is 6.10 Å². The van der Waals surface area contributed by atoms with Gasteiger partial charge in [-0.05, 0) is 13.3 Å². The summed E-state index contributed by atoms with van der Waals surface area (Å²) in [4.78, 5) is 10.8. The topological polar surface area (TPSA) is 76.3 Å². The SMILES string of the molecule is CCC(C)Nc1cc(N2CCOC(CN)C2)ncn1. The Bertz CT molecular complexity index is 400. The molecule has 0 saturated carbocycles. The maximum absolute atomic E-state index is 5.66. The van der Waals surface area contributed by atoms with Gasteiger partial charge < -0.3 is 20.7 Å². The van der Waals surface area contributed by atoms with Crippen LogP contribution in [-0.2, 0) is 4.74 Å². The molecule has 2 rings (SSSR count). The molecule has 6 nitrogen and oxygen atoms in total. The zero-order valence-corrected chi connectivity index (χ0v) is 11.7. The Morgan fingerprint density at radius 2 is 2.42 bits per heavy atom. The lowest BCUT2D eigenvalue weighted by Crippen LogP contribution is -2.46. The van der Waals surface area contributed by atoms with E-state index in [9.17, 15) is 0 Å². The average Bonchev–Trinajstić information content (AvgIpc) is 2.47. The van der Waals surface area contributed by atoms with Gasteiger partial charge in [0.2, 0.25) is 0 Å². The van der Waals surface area contributed by atoms with Crippen LogP contribution in [0.2, 0.25) is 0 Å². The molecule has 1 aliphatic heterocycles. The summed E-state index contributed by atoms with van der Waals surface area (Å²) in [7, 11) is 0. The third-order valence-corrected chi connectivity index (χ3v) is 3.38. The predicted molar refractivity (Wildman–Crippen MR) is 76.4 cm³/mol. The van der Waals surface area contributed by atoms with Crippen LogP contribution in [-0.4, -0.2) is 48.4 Å². The third kappa shape index (κ3) is 3.78. The summed E-state index contributed by atoms with van der Waals surface area (Å²) in [6, 6.07) is 2.40. The van der Waals surface area contributed by atoms with Crippen molar-refractivity contribution in [2.45, 2.75) is 32.4 Å². The van der Waals surface area contributed by atoms with Gasteiger partial charge in [0.25, 0.3) is 0 Å².